The van der Waals surface area contributed by atoms with Gasteiger partial charge in [0.2, 0.25) is 0 Å². The number of aromatic nitrogens is 3. The minimum absolute atomic E-state index is 0.0326. The van der Waals surface area contributed by atoms with E-state index in [2.05, 4.69) is 9.97 Å². The SMILES string of the molecule is Cc1nc2cc(N3CCC(F)(F)[C@@H](N(C)C)C3)nc(-c3ccc(Cl)cc3F)c2c(=O)n1C. The number of nitrogens with zero attached hydrogens (tertiary/aromatic N) is 5. The molecular formula is C22H23ClF3N5O. The van der Waals surface area contributed by atoms with Gasteiger partial charge >= 0.3 is 0 Å². The number of hydrogen-bond acceptors (Lipinski definition) is 5. The molecule has 32 heavy (non-hydrogen) atoms. The van der Waals surface area contributed by atoms with Gasteiger partial charge in [0, 0.05) is 43.2 Å². The Morgan fingerprint density at radius 2 is 1.94 bits per heavy atom. The van der Waals surface area contributed by atoms with Crippen LogP contribution < -0.4 is 10.5 Å². The third-order valence-electron chi connectivity index (χ3n) is 6.00. The maximum Gasteiger partial charge on any atom is 0.266 e. The first-order valence-electron chi connectivity index (χ1n) is 10.1. The molecular weight excluding hydrogens is 443 g/mol. The zero-order valence-electron chi connectivity index (χ0n) is 18.2. The van der Waals surface area contributed by atoms with Gasteiger partial charge in [0.05, 0.1) is 22.6 Å². The van der Waals surface area contributed by atoms with Gasteiger partial charge in [-0.3, -0.25) is 14.3 Å². The van der Waals surface area contributed by atoms with Crippen molar-refractivity contribution < 1.29 is 13.2 Å². The highest BCUT2D eigenvalue weighted by molar-refractivity contribution is 6.30. The standard InChI is InChI=1S/C22H23ClF3N5O/c1-12-27-16-10-18(31-8-7-22(25,26)17(11-31)29(2)3)28-20(19(16)21(32)30(12)4)14-6-5-13(23)9-15(14)24/h5-6,9-10,17H,7-8,11H2,1-4H3/t17-/m0/s1. The van der Waals surface area contributed by atoms with Crippen LogP contribution in [0.1, 0.15) is 12.2 Å². The third-order valence-corrected chi connectivity index (χ3v) is 6.24. The Morgan fingerprint density at radius 3 is 2.59 bits per heavy atom. The van der Waals surface area contributed by atoms with E-state index in [1.807, 2.05) is 0 Å². The quantitative estimate of drug-likeness (QED) is 0.587. The molecule has 1 aliphatic heterocycles. The summed E-state index contributed by atoms with van der Waals surface area (Å²) in [5, 5.41) is 0.371. The van der Waals surface area contributed by atoms with Crippen molar-refractivity contribution >= 4 is 28.3 Å². The van der Waals surface area contributed by atoms with Gasteiger partial charge in [0.25, 0.3) is 11.5 Å². The smallest absolute Gasteiger partial charge is 0.266 e. The van der Waals surface area contributed by atoms with Crippen molar-refractivity contribution in [3.05, 3.63) is 51.3 Å². The number of alkyl halides is 2. The summed E-state index contributed by atoms with van der Waals surface area (Å²) in [5.74, 6) is -2.64. The number of likely N-dealkylation sites (N-methyl/N-ethyl adjacent to an activating group) is 1. The number of pyridine rings is 1. The Kier molecular flexibility index (Phi) is 5.67. The molecule has 10 heteroatoms. The molecule has 0 amide bonds. The number of halogens is 4. The average molecular weight is 466 g/mol. The highest BCUT2D eigenvalue weighted by atomic mass is 35.5. The predicted octanol–water partition coefficient (Wildman–Crippen LogP) is 3.87. The molecule has 0 radical (unpaired) electrons. The van der Waals surface area contributed by atoms with E-state index in [1.165, 1.54) is 21.6 Å². The first-order valence-corrected chi connectivity index (χ1v) is 10.5. The first kappa shape index (κ1) is 22.5. The number of aryl methyl sites for hydroxylation is 1. The van der Waals surface area contributed by atoms with Crippen molar-refractivity contribution in [2.75, 3.05) is 32.1 Å². The van der Waals surface area contributed by atoms with Gasteiger partial charge in [0.1, 0.15) is 17.5 Å². The van der Waals surface area contributed by atoms with E-state index < -0.39 is 17.8 Å². The summed E-state index contributed by atoms with van der Waals surface area (Å²) >= 11 is 5.90. The summed E-state index contributed by atoms with van der Waals surface area (Å²) in [5.41, 5.74) is 0.167. The van der Waals surface area contributed by atoms with Crippen LogP contribution in [0.2, 0.25) is 5.02 Å². The Bertz CT molecular complexity index is 1260. The van der Waals surface area contributed by atoms with Crippen molar-refractivity contribution in [3.8, 4) is 11.3 Å². The second-order valence-corrected chi connectivity index (χ2v) is 8.74. The monoisotopic (exact) mass is 465 g/mol. The maximum absolute atomic E-state index is 14.8. The fraction of sp³-hybridized carbons (Fsp3) is 0.409. The van der Waals surface area contributed by atoms with Crippen LogP contribution in [0, 0.1) is 12.7 Å². The molecule has 1 atom stereocenters. The number of hydrogen-bond donors (Lipinski definition) is 0. The molecule has 0 saturated carbocycles. The van der Waals surface area contributed by atoms with Gasteiger partial charge in [0.15, 0.2) is 0 Å². The van der Waals surface area contributed by atoms with Crippen LogP contribution in [0.3, 0.4) is 0 Å². The van der Waals surface area contributed by atoms with Crippen molar-refractivity contribution in [2.24, 2.45) is 7.05 Å². The summed E-state index contributed by atoms with van der Waals surface area (Å²) in [6.07, 6.45) is -0.344. The lowest BCUT2D eigenvalue weighted by Crippen LogP contribution is -2.57. The average Bonchev–Trinajstić information content (AvgIpc) is 2.71. The normalized spacial score (nSPS) is 18.5. The molecule has 3 heterocycles. The molecule has 6 nitrogen and oxygen atoms in total. The van der Waals surface area contributed by atoms with Gasteiger partial charge in [-0.15, -0.1) is 0 Å². The molecule has 0 spiro atoms. The zero-order chi connectivity index (χ0) is 23.4. The van der Waals surface area contributed by atoms with E-state index in [0.717, 1.165) is 6.07 Å². The number of fused-ring (bicyclic) bond motifs is 1. The largest absolute Gasteiger partial charge is 0.355 e. The molecule has 3 aromatic rings. The van der Waals surface area contributed by atoms with Crippen LogP contribution >= 0.6 is 11.6 Å². The Balaban J connectivity index is 1.94. The fourth-order valence-electron chi connectivity index (χ4n) is 4.05. The lowest BCUT2D eigenvalue weighted by molar-refractivity contribution is -0.0816. The lowest BCUT2D eigenvalue weighted by Gasteiger charge is -2.42. The summed E-state index contributed by atoms with van der Waals surface area (Å²) in [4.78, 5) is 25.4. The van der Waals surface area contributed by atoms with Crippen LogP contribution in [0.15, 0.2) is 29.1 Å². The second-order valence-electron chi connectivity index (χ2n) is 8.31. The number of benzene rings is 1. The number of anilines is 1. The topological polar surface area (TPSA) is 54.3 Å². The molecule has 0 bridgehead atoms. The van der Waals surface area contributed by atoms with E-state index in [4.69, 9.17) is 11.6 Å². The fourth-order valence-corrected chi connectivity index (χ4v) is 4.21. The van der Waals surface area contributed by atoms with Gasteiger partial charge < -0.3 is 4.90 Å². The number of piperidine rings is 1. The van der Waals surface area contributed by atoms with Crippen LogP contribution in [0.5, 0.6) is 0 Å². The van der Waals surface area contributed by atoms with Gasteiger partial charge in [-0.1, -0.05) is 11.6 Å². The highest BCUT2D eigenvalue weighted by Crippen LogP contribution is 2.35. The Morgan fingerprint density at radius 1 is 1.22 bits per heavy atom. The van der Waals surface area contributed by atoms with Crippen LogP contribution in [0.4, 0.5) is 19.0 Å². The minimum atomic E-state index is -2.84. The summed E-state index contributed by atoms with van der Waals surface area (Å²) in [6, 6.07) is 4.71. The molecule has 1 saturated heterocycles. The molecule has 1 aromatic carbocycles. The van der Waals surface area contributed by atoms with E-state index in [-0.39, 0.29) is 46.7 Å². The van der Waals surface area contributed by atoms with Crippen LogP contribution in [-0.2, 0) is 7.05 Å². The molecule has 0 N–H and O–H groups in total. The van der Waals surface area contributed by atoms with Gasteiger partial charge in [-0.05, 0) is 39.2 Å². The van der Waals surface area contributed by atoms with Crippen molar-refractivity contribution in [1.82, 2.24) is 19.4 Å². The van der Waals surface area contributed by atoms with E-state index in [1.54, 1.807) is 39.0 Å². The van der Waals surface area contributed by atoms with Gasteiger partial charge in [-0.25, -0.2) is 23.1 Å². The molecule has 2 aromatic heterocycles. The first-order chi connectivity index (χ1) is 15.0. The Labute approximate surface area is 188 Å². The summed E-state index contributed by atoms with van der Waals surface area (Å²) in [7, 11) is 4.80. The van der Waals surface area contributed by atoms with Crippen LogP contribution in [0.25, 0.3) is 22.2 Å². The van der Waals surface area contributed by atoms with E-state index >= 15 is 0 Å². The summed E-state index contributed by atoms with van der Waals surface area (Å²) in [6.45, 7) is 1.79. The molecule has 1 aliphatic rings. The zero-order valence-corrected chi connectivity index (χ0v) is 18.9. The van der Waals surface area contributed by atoms with E-state index in [9.17, 15) is 18.0 Å². The minimum Gasteiger partial charge on any atom is -0.355 e. The molecule has 0 unspecified atom stereocenters. The van der Waals surface area contributed by atoms with Crippen molar-refractivity contribution in [3.63, 3.8) is 0 Å². The molecule has 0 aliphatic carbocycles. The predicted molar refractivity (Wildman–Crippen MR) is 119 cm³/mol. The maximum atomic E-state index is 14.8. The highest BCUT2D eigenvalue weighted by Gasteiger charge is 2.45. The van der Waals surface area contributed by atoms with Crippen LogP contribution in [-0.4, -0.2) is 58.6 Å². The number of rotatable bonds is 3. The van der Waals surface area contributed by atoms with Gasteiger partial charge in [-0.2, -0.15) is 0 Å². The van der Waals surface area contributed by atoms with Crippen molar-refractivity contribution in [2.45, 2.75) is 25.3 Å². The molecule has 4 rings (SSSR count). The third kappa shape index (κ3) is 3.84. The van der Waals surface area contributed by atoms with E-state index in [0.29, 0.717) is 17.2 Å². The molecule has 1 fully saturated rings. The lowest BCUT2D eigenvalue weighted by atomic mass is 9.99. The summed E-state index contributed by atoms with van der Waals surface area (Å²) < 4.78 is 45.1. The van der Waals surface area contributed by atoms with Crippen molar-refractivity contribution in [1.29, 1.82) is 0 Å². The Hall–Kier alpha value is -2.65. The molecule has 170 valence electrons. The second kappa shape index (κ2) is 8.04.